The number of aromatic nitrogens is 2. The normalized spacial score (nSPS) is 17.1. The van der Waals surface area contributed by atoms with Gasteiger partial charge in [0.25, 0.3) is 5.91 Å². The van der Waals surface area contributed by atoms with Gasteiger partial charge in [-0.05, 0) is 37.0 Å². The summed E-state index contributed by atoms with van der Waals surface area (Å²) in [7, 11) is 0. The predicted octanol–water partition coefficient (Wildman–Crippen LogP) is 2.60. The molecular formula is C19H23ClN4O2. The van der Waals surface area contributed by atoms with Crippen LogP contribution in [-0.4, -0.2) is 46.1 Å². The van der Waals surface area contributed by atoms with E-state index in [0.717, 1.165) is 19.4 Å². The van der Waals surface area contributed by atoms with Gasteiger partial charge in [0.05, 0.1) is 10.6 Å². The van der Waals surface area contributed by atoms with Crippen molar-refractivity contribution in [1.82, 2.24) is 20.0 Å². The molecule has 138 valence electrons. The molecular weight excluding hydrogens is 352 g/mol. The number of carbonyl (C=O) groups excluding carboxylic acids is 2. The zero-order valence-corrected chi connectivity index (χ0v) is 15.4. The molecule has 1 fully saturated rings. The van der Waals surface area contributed by atoms with E-state index in [1.165, 1.54) is 0 Å². The molecule has 2 aromatic rings. The molecule has 7 heteroatoms. The summed E-state index contributed by atoms with van der Waals surface area (Å²) in [6.07, 6.45) is 5.98. The minimum atomic E-state index is -0.169. The highest BCUT2D eigenvalue weighted by atomic mass is 35.5. The van der Waals surface area contributed by atoms with Gasteiger partial charge < -0.3 is 10.2 Å². The molecule has 1 aromatic carbocycles. The van der Waals surface area contributed by atoms with Gasteiger partial charge in [-0.3, -0.25) is 14.3 Å². The van der Waals surface area contributed by atoms with Gasteiger partial charge in [0.15, 0.2) is 0 Å². The monoisotopic (exact) mass is 374 g/mol. The quantitative estimate of drug-likeness (QED) is 0.845. The second-order valence-electron chi connectivity index (χ2n) is 6.56. The third-order valence-electron chi connectivity index (χ3n) is 4.66. The standard InChI is InChI=1S/C19H23ClN4O2/c20-17-7-2-1-6-16(17)19(26)21-13-15-5-3-10-23(14-15)18(25)8-12-24-11-4-9-22-24/h1-2,4,6-7,9,11,15H,3,5,8,10,12-14H2,(H,21,26). The van der Waals surface area contributed by atoms with E-state index in [0.29, 0.717) is 36.6 Å². The Balaban J connectivity index is 1.46. The van der Waals surface area contributed by atoms with Crippen LogP contribution in [-0.2, 0) is 11.3 Å². The fourth-order valence-electron chi connectivity index (χ4n) is 3.24. The zero-order valence-electron chi connectivity index (χ0n) is 14.6. The number of likely N-dealkylation sites (tertiary alicyclic amines) is 1. The van der Waals surface area contributed by atoms with Crippen molar-refractivity contribution in [3.8, 4) is 0 Å². The molecule has 1 atom stereocenters. The molecule has 1 unspecified atom stereocenters. The molecule has 2 heterocycles. The van der Waals surface area contributed by atoms with Crippen LogP contribution in [0.3, 0.4) is 0 Å². The number of nitrogens with zero attached hydrogens (tertiary/aromatic N) is 3. The maximum atomic E-state index is 12.4. The molecule has 1 aromatic heterocycles. The highest BCUT2D eigenvalue weighted by molar-refractivity contribution is 6.33. The lowest BCUT2D eigenvalue weighted by molar-refractivity contribution is -0.133. The Hall–Kier alpha value is -2.34. The Morgan fingerprint density at radius 1 is 1.27 bits per heavy atom. The number of hydrogen-bond donors (Lipinski definition) is 1. The molecule has 0 spiro atoms. The van der Waals surface area contributed by atoms with Gasteiger partial charge in [0.1, 0.15) is 0 Å². The average Bonchev–Trinajstić information content (AvgIpc) is 3.18. The van der Waals surface area contributed by atoms with E-state index in [1.807, 2.05) is 17.2 Å². The largest absolute Gasteiger partial charge is 0.352 e. The van der Waals surface area contributed by atoms with Crippen molar-refractivity contribution in [1.29, 1.82) is 0 Å². The van der Waals surface area contributed by atoms with E-state index >= 15 is 0 Å². The Labute approximate surface area is 158 Å². The summed E-state index contributed by atoms with van der Waals surface area (Å²) in [6.45, 7) is 2.61. The van der Waals surface area contributed by atoms with Crippen LogP contribution < -0.4 is 5.32 Å². The summed E-state index contributed by atoms with van der Waals surface area (Å²) in [5.74, 6) is 0.240. The molecule has 0 saturated carbocycles. The van der Waals surface area contributed by atoms with E-state index in [1.54, 1.807) is 35.1 Å². The lowest BCUT2D eigenvalue weighted by atomic mass is 9.97. The van der Waals surface area contributed by atoms with Crippen molar-refractivity contribution in [2.75, 3.05) is 19.6 Å². The lowest BCUT2D eigenvalue weighted by Gasteiger charge is -2.33. The average molecular weight is 375 g/mol. The van der Waals surface area contributed by atoms with Gasteiger partial charge in [-0.1, -0.05) is 23.7 Å². The van der Waals surface area contributed by atoms with Crippen molar-refractivity contribution >= 4 is 23.4 Å². The van der Waals surface area contributed by atoms with Crippen LogP contribution in [0.25, 0.3) is 0 Å². The van der Waals surface area contributed by atoms with E-state index in [4.69, 9.17) is 11.6 Å². The number of benzene rings is 1. The number of rotatable bonds is 6. The highest BCUT2D eigenvalue weighted by Gasteiger charge is 2.24. The Morgan fingerprint density at radius 2 is 2.12 bits per heavy atom. The Bertz CT molecular complexity index is 748. The summed E-state index contributed by atoms with van der Waals surface area (Å²) in [5, 5.41) is 7.52. The second kappa shape index (κ2) is 8.85. The summed E-state index contributed by atoms with van der Waals surface area (Å²) in [4.78, 5) is 26.6. The fraction of sp³-hybridized carbons (Fsp3) is 0.421. The Morgan fingerprint density at radius 3 is 2.88 bits per heavy atom. The zero-order chi connectivity index (χ0) is 18.4. The smallest absolute Gasteiger partial charge is 0.252 e. The number of nitrogens with one attached hydrogen (secondary N) is 1. The molecule has 6 nitrogen and oxygen atoms in total. The summed E-state index contributed by atoms with van der Waals surface area (Å²) in [6, 6.07) is 8.86. The molecule has 1 saturated heterocycles. The lowest BCUT2D eigenvalue weighted by Crippen LogP contribution is -2.44. The van der Waals surface area contributed by atoms with Crippen LogP contribution in [0.5, 0.6) is 0 Å². The van der Waals surface area contributed by atoms with Gasteiger partial charge in [0.2, 0.25) is 5.91 Å². The number of piperidine rings is 1. The van der Waals surface area contributed by atoms with Crippen LogP contribution in [0.15, 0.2) is 42.7 Å². The van der Waals surface area contributed by atoms with Gasteiger partial charge in [-0.25, -0.2) is 0 Å². The molecule has 3 rings (SSSR count). The second-order valence-corrected chi connectivity index (χ2v) is 6.96. The summed E-state index contributed by atoms with van der Waals surface area (Å²) in [5.41, 5.74) is 0.483. The first-order chi connectivity index (χ1) is 12.6. The van der Waals surface area contributed by atoms with Gasteiger partial charge in [-0.2, -0.15) is 5.10 Å². The molecule has 1 aliphatic heterocycles. The minimum Gasteiger partial charge on any atom is -0.352 e. The SMILES string of the molecule is O=C(NCC1CCCN(C(=O)CCn2cccn2)C1)c1ccccc1Cl. The number of halogens is 1. The third-order valence-corrected chi connectivity index (χ3v) is 4.99. The van der Waals surface area contributed by atoms with Crippen molar-refractivity contribution < 1.29 is 9.59 Å². The van der Waals surface area contributed by atoms with E-state index in [9.17, 15) is 9.59 Å². The van der Waals surface area contributed by atoms with Crippen molar-refractivity contribution in [3.05, 3.63) is 53.3 Å². The number of aryl methyl sites for hydroxylation is 1. The van der Waals surface area contributed by atoms with Crippen molar-refractivity contribution in [3.63, 3.8) is 0 Å². The van der Waals surface area contributed by atoms with Gasteiger partial charge in [0, 0.05) is 45.0 Å². The molecule has 1 aliphatic rings. The molecule has 26 heavy (non-hydrogen) atoms. The first kappa shape index (κ1) is 18.5. The summed E-state index contributed by atoms with van der Waals surface area (Å²) < 4.78 is 1.77. The maximum absolute atomic E-state index is 12.4. The van der Waals surface area contributed by atoms with Gasteiger partial charge in [-0.15, -0.1) is 0 Å². The van der Waals surface area contributed by atoms with Crippen LogP contribution >= 0.6 is 11.6 Å². The third kappa shape index (κ3) is 4.85. The van der Waals surface area contributed by atoms with E-state index in [2.05, 4.69) is 10.4 Å². The van der Waals surface area contributed by atoms with Crippen LogP contribution in [0, 0.1) is 5.92 Å². The molecule has 0 radical (unpaired) electrons. The first-order valence-corrected chi connectivity index (χ1v) is 9.29. The van der Waals surface area contributed by atoms with E-state index in [-0.39, 0.29) is 17.7 Å². The fourth-order valence-corrected chi connectivity index (χ4v) is 3.46. The van der Waals surface area contributed by atoms with Crippen LogP contribution in [0.1, 0.15) is 29.6 Å². The minimum absolute atomic E-state index is 0.141. The number of amides is 2. The van der Waals surface area contributed by atoms with Crippen molar-refractivity contribution in [2.45, 2.75) is 25.8 Å². The highest BCUT2D eigenvalue weighted by Crippen LogP contribution is 2.18. The number of hydrogen-bond acceptors (Lipinski definition) is 3. The topological polar surface area (TPSA) is 67.2 Å². The molecule has 0 aliphatic carbocycles. The van der Waals surface area contributed by atoms with Crippen molar-refractivity contribution in [2.24, 2.45) is 5.92 Å². The van der Waals surface area contributed by atoms with Crippen LogP contribution in [0.4, 0.5) is 0 Å². The molecule has 2 amide bonds. The Kier molecular flexibility index (Phi) is 6.28. The molecule has 1 N–H and O–H groups in total. The van der Waals surface area contributed by atoms with E-state index < -0.39 is 0 Å². The summed E-state index contributed by atoms with van der Waals surface area (Å²) >= 11 is 6.06. The number of carbonyl (C=O) groups is 2. The van der Waals surface area contributed by atoms with Crippen LogP contribution in [0.2, 0.25) is 5.02 Å². The predicted molar refractivity (Wildman–Crippen MR) is 99.9 cm³/mol. The maximum Gasteiger partial charge on any atom is 0.252 e. The first-order valence-electron chi connectivity index (χ1n) is 8.91. The van der Waals surface area contributed by atoms with Gasteiger partial charge >= 0.3 is 0 Å². The molecule has 0 bridgehead atoms.